The first-order chi connectivity index (χ1) is 15.2. The van der Waals surface area contributed by atoms with Crippen LogP contribution < -0.4 is 0 Å². The molecule has 0 N–H and O–H groups in total. The predicted molar refractivity (Wildman–Crippen MR) is 125 cm³/mol. The number of hydrogen-bond acceptors (Lipinski definition) is 4. The topological polar surface area (TPSA) is 51.0 Å². The van der Waals surface area contributed by atoms with Crippen molar-refractivity contribution >= 4 is 17.7 Å². The van der Waals surface area contributed by atoms with E-state index < -0.39 is 0 Å². The van der Waals surface area contributed by atoms with E-state index in [2.05, 4.69) is 45.6 Å². The smallest absolute Gasteiger partial charge is 0.236 e. The van der Waals surface area contributed by atoms with Gasteiger partial charge in [-0.2, -0.15) is 0 Å². The molecule has 1 fully saturated rings. The summed E-state index contributed by atoms with van der Waals surface area (Å²) in [5.74, 6) is 1.62. The quantitative estimate of drug-likeness (QED) is 0.332. The fourth-order valence-electron chi connectivity index (χ4n) is 3.62. The first-order valence-electron chi connectivity index (χ1n) is 10.7. The molecule has 1 saturated carbocycles. The van der Waals surface area contributed by atoms with Crippen molar-refractivity contribution in [2.75, 3.05) is 0 Å². The van der Waals surface area contributed by atoms with E-state index in [1.807, 2.05) is 54.3 Å². The van der Waals surface area contributed by atoms with Crippen molar-refractivity contribution < 1.29 is 4.79 Å². The average molecular weight is 433 g/mol. The number of allylic oxidation sites excluding steroid dienone is 1. The minimum absolute atomic E-state index is 0.0961. The van der Waals surface area contributed by atoms with Gasteiger partial charge in [-0.05, 0) is 30.9 Å². The minimum atomic E-state index is -0.271. The van der Waals surface area contributed by atoms with Crippen LogP contribution in [0, 0.1) is 0 Å². The highest BCUT2D eigenvalue weighted by atomic mass is 32.2. The van der Waals surface area contributed by atoms with Gasteiger partial charge in [0.2, 0.25) is 5.91 Å². The van der Waals surface area contributed by atoms with E-state index in [1.165, 1.54) is 11.8 Å². The molecular weight excluding hydrogens is 404 g/mol. The Morgan fingerprint density at radius 1 is 1.10 bits per heavy atom. The molecule has 5 nitrogen and oxygen atoms in total. The lowest BCUT2D eigenvalue weighted by molar-refractivity contribution is -0.131. The molecule has 1 aromatic heterocycles. The minimum Gasteiger partial charge on any atom is -0.333 e. The van der Waals surface area contributed by atoms with Gasteiger partial charge in [0.1, 0.15) is 5.82 Å². The van der Waals surface area contributed by atoms with Gasteiger partial charge in [-0.15, -0.1) is 16.8 Å². The van der Waals surface area contributed by atoms with Gasteiger partial charge >= 0.3 is 0 Å². The number of carbonyl (C=O) groups excluding carboxylic acids is 1. The van der Waals surface area contributed by atoms with Crippen molar-refractivity contribution in [3.8, 4) is 0 Å². The fourth-order valence-corrected chi connectivity index (χ4v) is 4.57. The van der Waals surface area contributed by atoms with Crippen LogP contribution >= 0.6 is 11.8 Å². The molecule has 1 aliphatic carbocycles. The standard InChI is InChI=1S/C25H28N4OS/c1-3-16-29-23(22-14-15-22)26-27-25(29)31-19(2)24(30)28(17-20-10-6-4-7-11-20)18-21-12-8-5-9-13-21/h3-13,19,22H,1,14-18H2,2H3. The van der Waals surface area contributed by atoms with Crippen LogP contribution in [0.5, 0.6) is 0 Å². The molecule has 0 saturated heterocycles. The normalized spacial score (nSPS) is 14.2. The largest absolute Gasteiger partial charge is 0.333 e. The van der Waals surface area contributed by atoms with Crippen molar-refractivity contribution in [2.24, 2.45) is 0 Å². The van der Waals surface area contributed by atoms with E-state index in [0.717, 1.165) is 34.9 Å². The number of nitrogens with zero attached hydrogens (tertiary/aromatic N) is 4. The Bertz CT molecular complexity index is 973. The van der Waals surface area contributed by atoms with Crippen molar-refractivity contribution in [2.45, 2.75) is 55.7 Å². The second kappa shape index (κ2) is 9.96. The van der Waals surface area contributed by atoms with Crippen LogP contribution in [0.3, 0.4) is 0 Å². The molecule has 160 valence electrons. The molecule has 1 atom stereocenters. The molecule has 31 heavy (non-hydrogen) atoms. The third-order valence-electron chi connectivity index (χ3n) is 5.37. The van der Waals surface area contributed by atoms with Crippen molar-refractivity contribution in [3.63, 3.8) is 0 Å². The summed E-state index contributed by atoms with van der Waals surface area (Å²) >= 11 is 1.48. The Balaban J connectivity index is 1.52. The highest BCUT2D eigenvalue weighted by Crippen LogP contribution is 2.40. The number of benzene rings is 2. The second-order valence-corrected chi connectivity index (χ2v) is 9.25. The first-order valence-corrected chi connectivity index (χ1v) is 11.6. The van der Waals surface area contributed by atoms with Crippen molar-refractivity contribution in [1.29, 1.82) is 0 Å². The maximum absolute atomic E-state index is 13.5. The molecule has 2 aromatic carbocycles. The number of aromatic nitrogens is 3. The number of hydrogen-bond donors (Lipinski definition) is 0. The van der Waals surface area contributed by atoms with Gasteiger partial charge in [0.25, 0.3) is 0 Å². The molecule has 4 rings (SSSR count). The number of rotatable bonds is 10. The molecule has 1 unspecified atom stereocenters. The summed E-state index contributed by atoms with van der Waals surface area (Å²) in [5, 5.41) is 9.33. The summed E-state index contributed by atoms with van der Waals surface area (Å²) < 4.78 is 2.11. The SMILES string of the molecule is C=CCn1c(SC(C)C(=O)N(Cc2ccccc2)Cc2ccccc2)nnc1C1CC1. The summed E-state index contributed by atoms with van der Waals surface area (Å²) in [5.41, 5.74) is 2.24. The third kappa shape index (κ3) is 5.44. The lowest BCUT2D eigenvalue weighted by Crippen LogP contribution is -2.35. The van der Waals surface area contributed by atoms with E-state index in [0.29, 0.717) is 25.6 Å². The van der Waals surface area contributed by atoms with Crippen LogP contribution in [-0.4, -0.2) is 30.8 Å². The lowest BCUT2D eigenvalue weighted by atomic mass is 10.1. The van der Waals surface area contributed by atoms with Crippen LogP contribution in [0.15, 0.2) is 78.5 Å². The van der Waals surface area contributed by atoms with Crippen LogP contribution in [0.2, 0.25) is 0 Å². The van der Waals surface area contributed by atoms with Gasteiger partial charge in [-0.1, -0.05) is 78.5 Å². The lowest BCUT2D eigenvalue weighted by Gasteiger charge is -2.26. The van der Waals surface area contributed by atoms with E-state index in [4.69, 9.17) is 0 Å². The van der Waals surface area contributed by atoms with Gasteiger partial charge in [-0.3, -0.25) is 4.79 Å². The van der Waals surface area contributed by atoms with Gasteiger partial charge in [0.15, 0.2) is 5.16 Å². The molecule has 6 heteroatoms. The van der Waals surface area contributed by atoms with Gasteiger partial charge < -0.3 is 9.47 Å². The molecule has 0 spiro atoms. The zero-order valence-corrected chi connectivity index (χ0v) is 18.7. The predicted octanol–water partition coefficient (Wildman–Crippen LogP) is 5.05. The van der Waals surface area contributed by atoms with Crippen molar-refractivity contribution in [3.05, 3.63) is 90.3 Å². The first kappa shape index (κ1) is 21.4. The van der Waals surface area contributed by atoms with E-state index >= 15 is 0 Å². The van der Waals surface area contributed by atoms with Gasteiger partial charge in [-0.25, -0.2) is 0 Å². The maximum atomic E-state index is 13.5. The molecule has 1 heterocycles. The molecule has 1 aliphatic rings. The second-order valence-electron chi connectivity index (χ2n) is 7.94. The molecule has 1 amide bonds. The Labute approximate surface area is 188 Å². The van der Waals surface area contributed by atoms with Gasteiger partial charge in [0, 0.05) is 25.6 Å². The molecule has 0 radical (unpaired) electrons. The Morgan fingerprint density at radius 2 is 1.68 bits per heavy atom. The summed E-state index contributed by atoms with van der Waals surface area (Å²) in [6.45, 7) is 7.65. The highest BCUT2D eigenvalue weighted by molar-refractivity contribution is 8.00. The summed E-state index contributed by atoms with van der Waals surface area (Å²) in [7, 11) is 0. The zero-order valence-electron chi connectivity index (χ0n) is 17.9. The van der Waals surface area contributed by atoms with Crippen LogP contribution in [0.4, 0.5) is 0 Å². The van der Waals surface area contributed by atoms with Crippen LogP contribution in [-0.2, 0) is 24.4 Å². The number of carbonyl (C=O) groups is 1. The Morgan fingerprint density at radius 3 is 2.19 bits per heavy atom. The highest BCUT2D eigenvalue weighted by Gasteiger charge is 2.31. The molecule has 3 aromatic rings. The number of amides is 1. The average Bonchev–Trinajstić information content (AvgIpc) is 3.57. The van der Waals surface area contributed by atoms with E-state index in [-0.39, 0.29) is 11.2 Å². The summed E-state index contributed by atoms with van der Waals surface area (Å²) in [6, 6.07) is 20.3. The van der Waals surface area contributed by atoms with Crippen molar-refractivity contribution in [1.82, 2.24) is 19.7 Å². The zero-order chi connectivity index (χ0) is 21.6. The third-order valence-corrected chi connectivity index (χ3v) is 6.44. The van der Waals surface area contributed by atoms with Crippen LogP contribution in [0.25, 0.3) is 0 Å². The van der Waals surface area contributed by atoms with E-state index in [1.54, 1.807) is 0 Å². The Hall–Kier alpha value is -2.86. The van der Waals surface area contributed by atoms with Crippen LogP contribution in [0.1, 0.15) is 42.6 Å². The Kier molecular flexibility index (Phi) is 6.87. The summed E-state index contributed by atoms with van der Waals surface area (Å²) in [6.07, 6.45) is 4.19. The molecular formula is C25H28N4OS. The van der Waals surface area contributed by atoms with Gasteiger partial charge in [0.05, 0.1) is 5.25 Å². The van der Waals surface area contributed by atoms with E-state index in [9.17, 15) is 4.79 Å². The monoisotopic (exact) mass is 432 g/mol. The molecule has 0 bridgehead atoms. The maximum Gasteiger partial charge on any atom is 0.236 e. The fraction of sp³-hybridized carbons (Fsp3) is 0.320. The summed E-state index contributed by atoms with van der Waals surface area (Å²) in [4.78, 5) is 15.4. The molecule has 0 aliphatic heterocycles. The number of thioether (sulfide) groups is 1.